The SMILES string of the molecule is CC(CC(=O)O)NC(=O)C1CSc2ccccc21. The highest BCUT2D eigenvalue weighted by Gasteiger charge is 2.29. The van der Waals surface area contributed by atoms with Crippen LogP contribution in [0.4, 0.5) is 0 Å². The second-order valence-electron chi connectivity index (χ2n) is 4.41. The lowest BCUT2D eigenvalue weighted by Crippen LogP contribution is -2.37. The van der Waals surface area contributed by atoms with E-state index in [2.05, 4.69) is 5.32 Å². The summed E-state index contributed by atoms with van der Waals surface area (Å²) < 4.78 is 0. The van der Waals surface area contributed by atoms with Crippen LogP contribution in [0, 0.1) is 0 Å². The lowest BCUT2D eigenvalue weighted by Gasteiger charge is -2.15. The summed E-state index contributed by atoms with van der Waals surface area (Å²) in [6, 6.07) is 7.51. The maximum atomic E-state index is 12.1. The molecule has 0 aliphatic carbocycles. The first-order chi connectivity index (χ1) is 8.58. The van der Waals surface area contributed by atoms with Gasteiger partial charge in [-0.1, -0.05) is 18.2 Å². The molecule has 0 fully saturated rings. The van der Waals surface area contributed by atoms with Gasteiger partial charge in [-0.05, 0) is 18.6 Å². The second kappa shape index (κ2) is 5.44. The number of benzene rings is 1. The Hall–Kier alpha value is -1.49. The molecule has 1 aromatic rings. The summed E-state index contributed by atoms with van der Waals surface area (Å²) in [4.78, 5) is 23.8. The molecule has 1 aliphatic rings. The summed E-state index contributed by atoms with van der Waals surface area (Å²) in [5.41, 5.74) is 1.04. The zero-order chi connectivity index (χ0) is 13.1. The molecular formula is C13H15NO3S. The molecular weight excluding hydrogens is 250 g/mol. The highest BCUT2D eigenvalue weighted by Crippen LogP contribution is 2.39. The molecule has 2 atom stereocenters. The normalized spacial score (nSPS) is 19.1. The van der Waals surface area contributed by atoms with E-state index in [-0.39, 0.29) is 24.3 Å². The lowest BCUT2D eigenvalue weighted by atomic mass is 10.00. The van der Waals surface area contributed by atoms with Gasteiger partial charge in [0.25, 0.3) is 0 Å². The van der Waals surface area contributed by atoms with Crippen molar-refractivity contribution in [3.63, 3.8) is 0 Å². The summed E-state index contributed by atoms with van der Waals surface area (Å²) in [6.07, 6.45) is -0.0484. The third-order valence-corrected chi connectivity index (χ3v) is 4.07. The van der Waals surface area contributed by atoms with Gasteiger partial charge in [0.05, 0.1) is 12.3 Å². The van der Waals surface area contributed by atoms with Crippen LogP contribution in [0.3, 0.4) is 0 Å². The van der Waals surface area contributed by atoms with Crippen LogP contribution in [-0.4, -0.2) is 28.8 Å². The Bertz CT molecular complexity index is 475. The number of carbonyl (C=O) groups is 2. The molecule has 0 saturated carbocycles. The van der Waals surface area contributed by atoms with Crippen molar-refractivity contribution in [1.29, 1.82) is 0 Å². The van der Waals surface area contributed by atoms with E-state index in [1.807, 2.05) is 24.3 Å². The fourth-order valence-corrected chi connectivity index (χ4v) is 3.26. The number of aliphatic carboxylic acids is 1. The standard InChI is InChI=1S/C13H15NO3S/c1-8(6-12(15)16)14-13(17)10-7-18-11-5-3-2-4-9(10)11/h2-5,8,10H,6-7H2,1H3,(H,14,17)(H,15,16). The first-order valence-electron chi connectivity index (χ1n) is 5.82. The molecule has 5 heteroatoms. The van der Waals surface area contributed by atoms with Crippen LogP contribution in [-0.2, 0) is 9.59 Å². The Balaban J connectivity index is 2.01. The zero-order valence-corrected chi connectivity index (χ0v) is 10.9. The van der Waals surface area contributed by atoms with E-state index < -0.39 is 5.97 Å². The van der Waals surface area contributed by atoms with Crippen molar-refractivity contribution in [2.24, 2.45) is 0 Å². The Kier molecular flexibility index (Phi) is 3.91. The summed E-state index contributed by atoms with van der Waals surface area (Å²) in [6.45, 7) is 1.71. The number of hydrogen-bond acceptors (Lipinski definition) is 3. The molecule has 1 heterocycles. The summed E-state index contributed by atoms with van der Waals surface area (Å²) in [5.74, 6) is -0.419. The average molecular weight is 265 g/mol. The van der Waals surface area contributed by atoms with Crippen molar-refractivity contribution in [3.05, 3.63) is 29.8 Å². The van der Waals surface area contributed by atoms with Gasteiger partial charge in [-0.3, -0.25) is 9.59 Å². The monoisotopic (exact) mass is 265 g/mol. The van der Waals surface area contributed by atoms with E-state index in [0.29, 0.717) is 0 Å². The number of amides is 1. The highest BCUT2D eigenvalue weighted by atomic mass is 32.2. The van der Waals surface area contributed by atoms with E-state index in [0.717, 1.165) is 16.2 Å². The first kappa shape index (κ1) is 13.0. The van der Waals surface area contributed by atoms with Gasteiger partial charge in [-0.25, -0.2) is 0 Å². The fourth-order valence-electron chi connectivity index (χ4n) is 2.04. The fraction of sp³-hybridized carbons (Fsp3) is 0.385. The van der Waals surface area contributed by atoms with Gasteiger partial charge in [-0.15, -0.1) is 11.8 Å². The van der Waals surface area contributed by atoms with E-state index in [1.54, 1.807) is 18.7 Å². The minimum absolute atomic E-state index is 0.0484. The van der Waals surface area contributed by atoms with Gasteiger partial charge in [0.2, 0.25) is 5.91 Å². The van der Waals surface area contributed by atoms with Gasteiger partial charge in [-0.2, -0.15) is 0 Å². The molecule has 0 saturated heterocycles. The van der Waals surface area contributed by atoms with Crippen molar-refractivity contribution in [3.8, 4) is 0 Å². The topological polar surface area (TPSA) is 66.4 Å². The van der Waals surface area contributed by atoms with Crippen LogP contribution in [0.25, 0.3) is 0 Å². The van der Waals surface area contributed by atoms with Crippen molar-refractivity contribution < 1.29 is 14.7 Å². The van der Waals surface area contributed by atoms with Gasteiger partial charge in [0.15, 0.2) is 0 Å². The molecule has 2 N–H and O–H groups in total. The van der Waals surface area contributed by atoms with Gasteiger partial charge in [0, 0.05) is 16.7 Å². The van der Waals surface area contributed by atoms with Crippen molar-refractivity contribution in [2.45, 2.75) is 30.2 Å². The van der Waals surface area contributed by atoms with Crippen LogP contribution < -0.4 is 5.32 Å². The minimum atomic E-state index is -0.899. The second-order valence-corrected chi connectivity index (χ2v) is 5.47. The number of hydrogen-bond donors (Lipinski definition) is 2. The van der Waals surface area contributed by atoms with Crippen LogP contribution in [0.2, 0.25) is 0 Å². The third-order valence-electron chi connectivity index (χ3n) is 2.89. The predicted molar refractivity (Wildman–Crippen MR) is 69.8 cm³/mol. The van der Waals surface area contributed by atoms with E-state index in [9.17, 15) is 9.59 Å². The average Bonchev–Trinajstić information content (AvgIpc) is 2.71. The molecule has 1 aromatic carbocycles. The molecule has 2 rings (SSSR count). The molecule has 0 aromatic heterocycles. The van der Waals surface area contributed by atoms with Crippen LogP contribution in [0.15, 0.2) is 29.2 Å². The third kappa shape index (κ3) is 2.85. The maximum Gasteiger partial charge on any atom is 0.305 e. The predicted octanol–water partition coefficient (Wildman–Crippen LogP) is 1.86. The van der Waals surface area contributed by atoms with Gasteiger partial charge >= 0.3 is 5.97 Å². The molecule has 2 unspecified atom stereocenters. The first-order valence-corrected chi connectivity index (χ1v) is 6.80. The van der Waals surface area contributed by atoms with E-state index in [1.165, 1.54) is 0 Å². The van der Waals surface area contributed by atoms with Crippen molar-refractivity contribution >= 4 is 23.6 Å². The quantitative estimate of drug-likeness (QED) is 0.872. The molecule has 0 bridgehead atoms. The zero-order valence-electron chi connectivity index (χ0n) is 10.1. The number of carboxylic acid groups (broad SMARTS) is 1. The van der Waals surface area contributed by atoms with E-state index in [4.69, 9.17) is 5.11 Å². The summed E-state index contributed by atoms with van der Waals surface area (Å²) >= 11 is 1.67. The number of rotatable bonds is 4. The largest absolute Gasteiger partial charge is 0.481 e. The molecule has 0 spiro atoms. The maximum absolute atomic E-state index is 12.1. The lowest BCUT2D eigenvalue weighted by molar-refractivity contribution is -0.137. The summed E-state index contributed by atoms with van der Waals surface area (Å²) in [7, 11) is 0. The molecule has 18 heavy (non-hydrogen) atoms. The van der Waals surface area contributed by atoms with E-state index >= 15 is 0 Å². The number of fused-ring (bicyclic) bond motifs is 1. The molecule has 1 amide bonds. The number of carbonyl (C=O) groups excluding carboxylic acids is 1. The van der Waals surface area contributed by atoms with Crippen LogP contribution in [0.5, 0.6) is 0 Å². The molecule has 1 aliphatic heterocycles. The van der Waals surface area contributed by atoms with Gasteiger partial charge < -0.3 is 10.4 Å². The number of carboxylic acids is 1. The van der Waals surface area contributed by atoms with Crippen LogP contribution in [0.1, 0.15) is 24.8 Å². The molecule has 96 valence electrons. The Morgan fingerprint density at radius 2 is 2.22 bits per heavy atom. The minimum Gasteiger partial charge on any atom is -0.481 e. The molecule has 0 radical (unpaired) electrons. The highest BCUT2D eigenvalue weighted by molar-refractivity contribution is 7.99. The molecule has 4 nitrogen and oxygen atoms in total. The number of thioether (sulfide) groups is 1. The Morgan fingerprint density at radius 1 is 1.50 bits per heavy atom. The van der Waals surface area contributed by atoms with Gasteiger partial charge in [0.1, 0.15) is 0 Å². The van der Waals surface area contributed by atoms with Crippen molar-refractivity contribution in [2.75, 3.05) is 5.75 Å². The Morgan fingerprint density at radius 3 is 2.94 bits per heavy atom. The Labute approximate surface area is 110 Å². The van der Waals surface area contributed by atoms with Crippen molar-refractivity contribution in [1.82, 2.24) is 5.32 Å². The smallest absolute Gasteiger partial charge is 0.305 e. The summed E-state index contributed by atoms with van der Waals surface area (Å²) in [5, 5.41) is 11.4. The van der Waals surface area contributed by atoms with Crippen LogP contribution >= 0.6 is 11.8 Å². The number of nitrogens with one attached hydrogen (secondary N) is 1.